The lowest BCUT2D eigenvalue weighted by Gasteiger charge is -2.37. The summed E-state index contributed by atoms with van der Waals surface area (Å²) in [7, 11) is 0. The normalized spacial score (nSPS) is 21.8. The van der Waals surface area contributed by atoms with E-state index in [0.29, 0.717) is 18.5 Å². The predicted octanol–water partition coefficient (Wildman–Crippen LogP) is 3.80. The Labute approximate surface area is 152 Å². The Balaban J connectivity index is 1.83. The van der Waals surface area contributed by atoms with E-state index in [0.717, 1.165) is 23.1 Å². The first-order valence-electron chi connectivity index (χ1n) is 9.13. The number of benzene rings is 2. The van der Waals surface area contributed by atoms with Crippen LogP contribution in [0.15, 0.2) is 42.5 Å². The molecule has 3 amide bonds. The zero-order chi connectivity index (χ0) is 18.4. The number of urea groups is 1. The van der Waals surface area contributed by atoms with Gasteiger partial charge in [-0.2, -0.15) is 0 Å². The predicted molar refractivity (Wildman–Crippen MR) is 99.2 cm³/mol. The second-order valence-electron chi connectivity index (χ2n) is 6.83. The molecule has 134 valence electrons. The van der Waals surface area contributed by atoms with Crippen LogP contribution in [0.2, 0.25) is 0 Å². The number of fused-ring (bicyclic) bond motifs is 2. The molecule has 2 aromatic carbocycles. The maximum absolute atomic E-state index is 13.1. The molecular formula is C21H22N2O3. The van der Waals surface area contributed by atoms with Gasteiger partial charge in [0.15, 0.2) is 0 Å². The first kappa shape index (κ1) is 16.6. The van der Waals surface area contributed by atoms with Crippen molar-refractivity contribution in [3.63, 3.8) is 0 Å². The number of hydrogen-bond donors (Lipinski definition) is 1. The highest BCUT2D eigenvalue weighted by Gasteiger charge is 2.51. The number of amides is 3. The molecule has 0 aliphatic carbocycles. The van der Waals surface area contributed by atoms with Crippen molar-refractivity contribution in [2.24, 2.45) is 0 Å². The topological polar surface area (TPSA) is 60.9 Å². The molecule has 0 saturated carbocycles. The van der Waals surface area contributed by atoms with E-state index >= 15 is 0 Å². The number of imide groups is 1. The van der Waals surface area contributed by atoms with Gasteiger partial charge in [0.1, 0.15) is 11.8 Å². The average molecular weight is 350 g/mol. The van der Waals surface area contributed by atoms with E-state index in [1.165, 1.54) is 4.90 Å². The van der Waals surface area contributed by atoms with E-state index < -0.39 is 6.04 Å². The Kier molecular flexibility index (Phi) is 3.94. The van der Waals surface area contributed by atoms with Gasteiger partial charge in [0.2, 0.25) is 0 Å². The lowest BCUT2D eigenvalue weighted by atomic mass is 9.83. The molecule has 1 N–H and O–H groups in total. The van der Waals surface area contributed by atoms with Gasteiger partial charge >= 0.3 is 6.03 Å². The largest absolute Gasteiger partial charge is 0.508 e. The number of carbonyl (C=O) groups excluding carboxylic acids is 2. The summed E-state index contributed by atoms with van der Waals surface area (Å²) in [5.41, 5.74) is 3.57. The van der Waals surface area contributed by atoms with Crippen LogP contribution < -0.4 is 4.90 Å². The molecule has 0 bridgehead atoms. The number of phenols is 1. The monoisotopic (exact) mass is 350 g/mol. The van der Waals surface area contributed by atoms with Gasteiger partial charge in [-0.05, 0) is 47.7 Å². The van der Waals surface area contributed by atoms with Gasteiger partial charge in [-0.3, -0.25) is 4.79 Å². The van der Waals surface area contributed by atoms with E-state index in [2.05, 4.69) is 0 Å². The molecular weight excluding hydrogens is 328 g/mol. The molecule has 1 fully saturated rings. The molecule has 4 rings (SSSR count). The maximum atomic E-state index is 13.1. The van der Waals surface area contributed by atoms with Crippen LogP contribution in [0.5, 0.6) is 5.75 Å². The van der Waals surface area contributed by atoms with Crippen molar-refractivity contribution in [3.8, 4) is 5.75 Å². The maximum Gasteiger partial charge on any atom is 0.332 e. The number of phenolic OH excluding ortho intramolecular Hbond substituents is 1. The van der Waals surface area contributed by atoms with Crippen LogP contribution in [0.25, 0.3) is 0 Å². The van der Waals surface area contributed by atoms with Gasteiger partial charge in [-0.1, -0.05) is 38.1 Å². The summed E-state index contributed by atoms with van der Waals surface area (Å²) in [5.74, 6) is 0.0851. The Morgan fingerprint density at radius 2 is 1.81 bits per heavy atom. The zero-order valence-corrected chi connectivity index (χ0v) is 15.0. The van der Waals surface area contributed by atoms with E-state index in [9.17, 15) is 14.7 Å². The minimum absolute atomic E-state index is 0.153. The quantitative estimate of drug-likeness (QED) is 0.857. The second-order valence-corrected chi connectivity index (χ2v) is 6.83. The molecule has 2 aliphatic rings. The van der Waals surface area contributed by atoms with Gasteiger partial charge in [0.25, 0.3) is 5.91 Å². The Bertz CT molecular complexity index is 878. The lowest BCUT2D eigenvalue weighted by Crippen LogP contribution is -2.43. The molecule has 2 atom stereocenters. The van der Waals surface area contributed by atoms with Crippen molar-refractivity contribution in [1.82, 2.24) is 4.90 Å². The van der Waals surface area contributed by atoms with Crippen molar-refractivity contribution in [3.05, 3.63) is 59.2 Å². The minimum atomic E-state index is -0.507. The highest BCUT2D eigenvalue weighted by molar-refractivity contribution is 6.21. The van der Waals surface area contributed by atoms with Crippen LogP contribution in [-0.4, -0.2) is 28.0 Å². The summed E-state index contributed by atoms with van der Waals surface area (Å²) < 4.78 is 0. The second kappa shape index (κ2) is 6.16. The number of aromatic hydroxyl groups is 1. The van der Waals surface area contributed by atoms with Gasteiger partial charge in [0.05, 0.1) is 11.7 Å². The highest BCUT2D eigenvalue weighted by Crippen LogP contribution is 2.43. The van der Waals surface area contributed by atoms with Crippen molar-refractivity contribution in [2.75, 3.05) is 4.90 Å². The molecule has 0 radical (unpaired) electrons. The molecule has 0 aromatic heterocycles. The first-order chi connectivity index (χ1) is 12.6. The van der Waals surface area contributed by atoms with Crippen molar-refractivity contribution < 1.29 is 14.7 Å². The van der Waals surface area contributed by atoms with E-state index in [1.54, 1.807) is 23.1 Å². The van der Waals surface area contributed by atoms with E-state index in [1.807, 2.05) is 38.1 Å². The molecule has 5 nitrogen and oxygen atoms in total. The minimum Gasteiger partial charge on any atom is -0.508 e. The van der Waals surface area contributed by atoms with Crippen molar-refractivity contribution in [2.45, 2.75) is 45.2 Å². The summed E-state index contributed by atoms with van der Waals surface area (Å²) in [6.07, 6.45) is 1.87. The zero-order valence-electron chi connectivity index (χ0n) is 15.0. The highest BCUT2D eigenvalue weighted by atomic mass is 16.3. The Morgan fingerprint density at radius 3 is 2.46 bits per heavy atom. The lowest BCUT2D eigenvalue weighted by molar-refractivity contribution is -0.120. The summed E-state index contributed by atoms with van der Waals surface area (Å²) in [6.45, 7) is 4.03. The van der Waals surface area contributed by atoms with Crippen LogP contribution in [0.4, 0.5) is 10.5 Å². The summed E-state index contributed by atoms with van der Waals surface area (Å²) >= 11 is 0. The number of anilines is 1. The third kappa shape index (κ3) is 2.23. The third-order valence-electron chi connectivity index (χ3n) is 5.54. The van der Waals surface area contributed by atoms with Crippen molar-refractivity contribution in [1.29, 1.82) is 0 Å². The van der Waals surface area contributed by atoms with Gasteiger partial charge in [-0.25, -0.2) is 9.69 Å². The Hall–Kier alpha value is -2.82. The van der Waals surface area contributed by atoms with Gasteiger partial charge in [-0.15, -0.1) is 0 Å². The van der Waals surface area contributed by atoms with Crippen LogP contribution in [0.3, 0.4) is 0 Å². The molecule has 2 heterocycles. The number of nitrogens with zero attached hydrogens (tertiary/aromatic N) is 2. The van der Waals surface area contributed by atoms with Crippen LogP contribution in [0.1, 0.15) is 43.0 Å². The summed E-state index contributed by atoms with van der Waals surface area (Å²) in [6, 6.07) is 11.8. The smallest absolute Gasteiger partial charge is 0.332 e. The first-order valence-corrected chi connectivity index (χ1v) is 9.13. The SMILES string of the molecule is CCc1c(O)ccc2c1C[C@H]1C(=O)N(c3ccccc3)C(=O)N1C2CC. The number of carbonyl (C=O) groups is 2. The molecule has 0 spiro atoms. The molecule has 2 aromatic rings. The van der Waals surface area contributed by atoms with Crippen LogP contribution >= 0.6 is 0 Å². The molecule has 26 heavy (non-hydrogen) atoms. The summed E-state index contributed by atoms with van der Waals surface area (Å²) in [5, 5.41) is 10.2. The third-order valence-corrected chi connectivity index (χ3v) is 5.54. The fourth-order valence-electron chi connectivity index (χ4n) is 4.37. The van der Waals surface area contributed by atoms with Crippen LogP contribution in [0, 0.1) is 0 Å². The van der Waals surface area contributed by atoms with Crippen molar-refractivity contribution >= 4 is 17.6 Å². The number of hydrogen-bond acceptors (Lipinski definition) is 3. The average Bonchev–Trinajstić information content (AvgIpc) is 2.91. The van der Waals surface area contributed by atoms with Gasteiger partial charge < -0.3 is 10.0 Å². The fraction of sp³-hybridized carbons (Fsp3) is 0.333. The molecule has 2 aliphatic heterocycles. The van der Waals surface area contributed by atoms with Gasteiger partial charge in [0, 0.05) is 6.42 Å². The van der Waals surface area contributed by atoms with E-state index in [-0.39, 0.29) is 23.7 Å². The Morgan fingerprint density at radius 1 is 1.08 bits per heavy atom. The molecule has 1 unspecified atom stereocenters. The number of para-hydroxylation sites is 1. The molecule has 1 saturated heterocycles. The summed E-state index contributed by atoms with van der Waals surface area (Å²) in [4.78, 5) is 29.3. The molecule has 5 heteroatoms. The van der Waals surface area contributed by atoms with Crippen LogP contribution in [-0.2, 0) is 17.6 Å². The fourth-order valence-corrected chi connectivity index (χ4v) is 4.37. The number of rotatable bonds is 3. The van der Waals surface area contributed by atoms with E-state index in [4.69, 9.17) is 0 Å². The standard InChI is InChI=1S/C21H22N2O3/c1-3-14-16-12-18-20(25)22(13-8-6-5-7-9-13)21(26)23(18)17(4-2)15(16)10-11-19(14)24/h5-11,17-18,24H,3-4,12H2,1-2H3/t17?,18-/m0/s1.